The largest absolute Gasteiger partial charge is 0.472 e. The van der Waals surface area contributed by atoms with E-state index in [4.69, 9.17) is 4.42 Å². The maximum absolute atomic E-state index is 5.21. The molecule has 0 radical (unpaired) electrons. The summed E-state index contributed by atoms with van der Waals surface area (Å²) in [5, 5.41) is 3.72. The van der Waals surface area contributed by atoms with Gasteiger partial charge in [0.15, 0.2) is 0 Å². The summed E-state index contributed by atoms with van der Waals surface area (Å²) >= 11 is 0. The van der Waals surface area contributed by atoms with Crippen molar-refractivity contribution in [3.05, 3.63) is 60.1 Å². The van der Waals surface area contributed by atoms with Crippen molar-refractivity contribution in [3.63, 3.8) is 0 Å². The van der Waals surface area contributed by atoms with Crippen LogP contribution in [-0.4, -0.2) is 12.6 Å². The van der Waals surface area contributed by atoms with Crippen LogP contribution in [-0.2, 0) is 6.42 Å². The van der Waals surface area contributed by atoms with E-state index in [0.29, 0.717) is 12.0 Å². The molecule has 0 fully saturated rings. The van der Waals surface area contributed by atoms with Gasteiger partial charge in [-0.15, -0.1) is 0 Å². The van der Waals surface area contributed by atoms with Gasteiger partial charge in [-0.1, -0.05) is 44.2 Å². The van der Waals surface area contributed by atoms with E-state index < -0.39 is 0 Å². The smallest absolute Gasteiger partial charge is 0.0935 e. The van der Waals surface area contributed by atoms with Crippen molar-refractivity contribution in [1.82, 2.24) is 5.32 Å². The molecule has 0 amide bonds. The molecule has 0 aliphatic carbocycles. The predicted molar refractivity (Wildman–Crippen MR) is 84.0 cm³/mol. The molecule has 1 N–H and O–H groups in total. The molecule has 1 aromatic heterocycles. The Balaban J connectivity index is 2.14. The Bertz CT molecular complexity index is 463. The van der Waals surface area contributed by atoms with Crippen LogP contribution in [0.25, 0.3) is 0 Å². The molecule has 2 heteroatoms. The second-order valence-electron chi connectivity index (χ2n) is 5.32. The van der Waals surface area contributed by atoms with Crippen LogP contribution in [0.3, 0.4) is 0 Å². The van der Waals surface area contributed by atoms with Crippen LogP contribution in [0.5, 0.6) is 0 Å². The van der Waals surface area contributed by atoms with Gasteiger partial charge in [0.05, 0.1) is 12.5 Å². The van der Waals surface area contributed by atoms with Gasteiger partial charge in [-0.2, -0.15) is 0 Å². The first-order valence-corrected chi connectivity index (χ1v) is 7.64. The Labute approximate surface area is 122 Å². The normalized spacial score (nSPS) is 14.1. The molecule has 2 unspecified atom stereocenters. The first kappa shape index (κ1) is 14.9. The third kappa shape index (κ3) is 3.97. The number of furan rings is 1. The standard InChI is InChI=1S/C18H25NO/c1-3-11-19-18(13-15-10-12-20-14-15)17(4-2)16-8-6-5-7-9-16/h5-10,12,14,17-19H,3-4,11,13H2,1-2H3. The number of hydrogen-bond acceptors (Lipinski definition) is 2. The molecule has 0 aliphatic heterocycles. The second kappa shape index (κ2) is 7.91. The van der Waals surface area contributed by atoms with Gasteiger partial charge in [-0.25, -0.2) is 0 Å². The number of benzene rings is 1. The van der Waals surface area contributed by atoms with E-state index in [2.05, 4.69) is 55.6 Å². The van der Waals surface area contributed by atoms with Gasteiger partial charge >= 0.3 is 0 Å². The van der Waals surface area contributed by atoms with Crippen molar-refractivity contribution in [1.29, 1.82) is 0 Å². The molecule has 2 nitrogen and oxygen atoms in total. The highest BCUT2D eigenvalue weighted by Crippen LogP contribution is 2.25. The topological polar surface area (TPSA) is 25.2 Å². The predicted octanol–water partition coefficient (Wildman–Crippen LogP) is 4.38. The summed E-state index contributed by atoms with van der Waals surface area (Å²) in [6.45, 7) is 5.55. The van der Waals surface area contributed by atoms with E-state index in [0.717, 1.165) is 25.8 Å². The SMILES string of the molecule is CCCNC(Cc1ccoc1)C(CC)c1ccccc1. The number of rotatable bonds is 8. The van der Waals surface area contributed by atoms with E-state index in [-0.39, 0.29) is 0 Å². The van der Waals surface area contributed by atoms with Gasteiger partial charge in [-0.3, -0.25) is 0 Å². The third-order valence-electron chi connectivity index (χ3n) is 3.85. The van der Waals surface area contributed by atoms with Crippen molar-refractivity contribution in [2.45, 2.75) is 45.1 Å². The minimum Gasteiger partial charge on any atom is -0.472 e. The Morgan fingerprint density at radius 1 is 1.10 bits per heavy atom. The van der Waals surface area contributed by atoms with E-state index >= 15 is 0 Å². The summed E-state index contributed by atoms with van der Waals surface area (Å²) in [6, 6.07) is 13.4. The van der Waals surface area contributed by atoms with Gasteiger partial charge < -0.3 is 9.73 Å². The molecule has 0 bridgehead atoms. The summed E-state index contributed by atoms with van der Waals surface area (Å²) in [5.74, 6) is 0.539. The minimum absolute atomic E-state index is 0.458. The van der Waals surface area contributed by atoms with Crippen molar-refractivity contribution in [2.75, 3.05) is 6.54 Å². The molecule has 0 spiro atoms. The first-order valence-electron chi connectivity index (χ1n) is 7.64. The summed E-state index contributed by atoms with van der Waals surface area (Å²) in [6.07, 6.45) is 6.94. The lowest BCUT2D eigenvalue weighted by atomic mass is 9.86. The average molecular weight is 271 g/mol. The number of hydrogen-bond donors (Lipinski definition) is 1. The molecule has 0 aliphatic rings. The van der Waals surface area contributed by atoms with Crippen LogP contribution in [0.15, 0.2) is 53.3 Å². The molecule has 2 rings (SSSR count). The maximum atomic E-state index is 5.21. The van der Waals surface area contributed by atoms with Gasteiger partial charge in [-0.05, 0) is 48.9 Å². The fraction of sp³-hybridized carbons (Fsp3) is 0.444. The van der Waals surface area contributed by atoms with Crippen LogP contribution in [0.2, 0.25) is 0 Å². The highest BCUT2D eigenvalue weighted by molar-refractivity contribution is 5.22. The van der Waals surface area contributed by atoms with Gasteiger partial charge in [0.1, 0.15) is 0 Å². The van der Waals surface area contributed by atoms with Gasteiger partial charge in [0, 0.05) is 6.04 Å². The third-order valence-corrected chi connectivity index (χ3v) is 3.85. The molecule has 1 aromatic carbocycles. The second-order valence-corrected chi connectivity index (χ2v) is 5.32. The van der Waals surface area contributed by atoms with Crippen LogP contribution in [0.1, 0.15) is 43.7 Å². The lowest BCUT2D eigenvalue weighted by Gasteiger charge is -2.27. The van der Waals surface area contributed by atoms with Crippen molar-refractivity contribution in [3.8, 4) is 0 Å². The zero-order valence-electron chi connectivity index (χ0n) is 12.5. The summed E-state index contributed by atoms with van der Waals surface area (Å²) in [5.41, 5.74) is 2.69. The Morgan fingerprint density at radius 3 is 2.50 bits per heavy atom. The molecule has 20 heavy (non-hydrogen) atoms. The summed E-state index contributed by atoms with van der Waals surface area (Å²) < 4.78 is 5.21. The van der Waals surface area contributed by atoms with Gasteiger partial charge in [0.2, 0.25) is 0 Å². The van der Waals surface area contributed by atoms with Crippen LogP contribution in [0, 0.1) is 0 Å². The van der Waals surface area contributed by atoms with Crippen LogP contribution in [0.4, 0.5) is 0 Å². The highest BCUT2D eigenvalue weighted by Gasteiger charge is 2.21. The maximum Gasteiger partial charge on any atom is 0.0935 e. The Kier molecular flexibility index (Phi) is 5.87. The quantitative estimate of drug-likeness (QED) is 0.770. The van der Waals surface area contributed by atoms with Crippen molar-refractivity contribution >= 4 is 0 Å². The molecule has 2 aromatic rings. The average Bonchev–Trinajstić information content (AvgIpc) is 2.99. The molecule has 1 heterocycles. The van der Waals surface area contributed by atoms with Gasteiger partial charge in [0.25, 0.3) is 0 Å². The summed E-state index contributed by atoms with van der Waals surface area (Å²) in [4.78, 5) is 0. The zero-order chi connectivity index (χ0) is 14.2. The Hall–Kier alpha value is -1.54. The van der Waals surface area contributed by atoms with E-state index in [1.165, 1.54) is 11.1 Å². The molecular formula is C18H25NO. The minimum atomic E-state index is 0.458. The van der Waals surface area contributed by atoms with E-state index in [1.807, 2.05) is 6.26 Å². The highest BCUT2D eigenvalue weighted by atomic mass is 16.3. The van der Waals surface area contributed by atoms with Crippen LogP contribution >= 0.6 is 0 Å². The zero-order valence-corrected chi connectivity index (χ0v) is 12.5. The molecule has 0 saturated heterocycles. The number of nitrogens with one attached hydrogen (secondary N) is 1. The fourth-order valence-electron chi connectivity index (χ4n) is 2.80. The molecule has 108 valence electrons. The van der Waals surface area contributed by atoms with Crippen molar-refractivity contribution < 1.29 is 4.42 Å². The summed E-state index contributed by atoms with van der Waals surface area (Å²) in [7, 11) is 0. The Morgan fingerprint density at radius 2 is 1.90 bits per heavy atom. The molecule has 0 saturated carbocycles. The monoisotopic (exact) mass is 271 g/mol. The first-order chi connectivity index (χ1) is 9.85. The van der Waals surface area contributed by atoms with E-state index in [9.17, 15) is 0 Å². The fourth-order valence-corrected chi connectivity index (χ4v) is 2.80. The van der Waals surface area contributed by atoms with Crippen LogP contribution < -0.4 is 5.32 Å². The lowest BCUT2D eigenvalue weighted by molar-refractivity contribution is 0.417. The molecule has 2 atom stereocenters. The molecular weight excluding hydrogens is 246 g/mol. The lowest BCUT2D eigenvalue weighted by Crippen LogP contribution is -2.37. The van der Waals surface area contributed by atoms with Crippen molar-refractivity contribution in [2.24, 2.45) is 0 Å². The van der Waals surface area contributed by atoms with E-state index in [1.54, 1.807) is 6.26 Å².